The van der Waals surface area contributed by atoms with Gasteiger partial charge in [0, 0.05) is 38.3 Å². The SMILES string of the molecule is CC(C)c1nnc([C@@H]2COCCN2C(=O)c2ccnc(N(C)C)c2)o1. The van der Waals surface area contributed by atoms with Gasteiger partial charge in [0.05, 0.1) is 13.2 Å². The van der Waals surface area contributed by atoms with Gasteiger partial charge >= 0.3 is 0 Å². The summed E-state index contributed by atoms with van der Waals surface area (Å²) in [7, 11) is 3.78. The second-order valence-corrected chi connectivity index (χ2v) is 6.52. The minimum atomic E-state index is -0.378. The molecule has 8 nitrogen and oxygen atoms in total. The molecule has 0 radical (unpaired) electrons. The Bertz CT molecular complexity index is 743. The monoisotopic (exact) mass is 345 g/mol. The highest BCUT2D eigenvalue weighted by Gasteiger charge is 2.33. The predicted octanol–water partition coefficient (Wildman–Crippen LogP) is 1.87. The van der Waals surface area contributed by atoms with Crippen LogP contribution in [0.25, 0.3) is 0 Å². The number of aromatic nitrogens is 3. The highest BCUT2D eigenvalue weighted by Crippen LogP contribution is 2.27. The third-order valence-electron chi connectivity index (χ3n) is 4.08. The number of hydrogen-bond acceptors (Lipinski definition) is 7. The van der Waals surface area contributed by atoms with Gasteiger partial charge < -0.3 is 19.0 Å². The first kappa shape index (κ1) is 17.3. The van der Waals surface area contributed by atoms with Crippen LogP contribution in [0.3, 0.4) is 0 Å². The average molecular weight is 345 g/mol. The van der Waals surface area contributed by atoms with Crippen molar-refractivity contribution in [2.45, 2.75) is 25.8 Å². The Kier molecular flexibility index (Phi) is 4.98. The summed E-state index contributed by atoms with van der Waals surface area (Å²) in [6, 6.07) is 3.12. The van der Waals surface area contributed by atoms with E-state index in [1.165, 1.54) is 0 Å². The van der Waals surface area contributed by atoms with Crippen LogP contribution in [-0.4, -0.2) is 59.8 Å². The predicted molar refractivity (Wildman–Crippen MR) is 91.5 cm³/mol. The number of rotatable bonds is 4. The third kappa shape index (κ3) is 3.63. The quantitative estimate of drug-likeness (QED) is 0.836. The first-order valence-corrected chi connectivity index (χ1v) is 8.32. The summed E-state index contributed by atoms with van der Waals surface area (Å²) in [6.45, 7) is 5.27. The van der Waals surface area contributed by atoms with Crippen molar-refractivity contribution in [3.05, 3.63) is 35.7 Å². The van der Waals surface area contributed by atoms with Crippen LogP contribution >= 0.6 is 0 Å². The van der Waals surface area contributed by atoms with Gasteiger partial charge in [-0.05, 0) is 12.1 Å². The van der Waals surface area contributed by atoms with E-state index in [0.29, 0.717) is 37.1 Å². The number of carbonyl (C=O) groups is 1. The molecule has 25 heavy (non-hydrogen) atoms. The van der Waals surface area contributed by atoms with Gasteiger partial charge in [-0.15, -0.1) is 10.2 Å². The van der Waals surface area contributed by atoms with E-state index in [-0.39, 0.29) is 17.9 Å². The number of amides is 1. The van der Waals surface area contributed by atoms with Crippen LogP contribution in [0, 0.1) is 0 Å². The molecule has 0 spiro atoms. The number of morpholine rings is 1. The van der Waals surface area contributed by atoms with Crippen molar-refractivity contribution in [3.63, 3.8) is 0 Å². The van der Waals surface area contributed by atoms with E-state index in [1.54, 1.807) is 23.2 Å². The van der Waals surface area contributed by atoms with Gasteiger partial charge in [-0.1, -0.05) is 13.8 Å². The molecule has 0 aliphatic carbocycles. The van der Waals surface area contributed by atoms with Gasteiger partial charge in [0.15, 0.2) is 0 Å². The number of anilines is 1. The summed E-state index contributed by atoms with van der Waals surface area (Å²) >= 11 is 0. The lowest BCUT2D eigenvalue weighted by atomic mass is 10.1. The molecule has 1 aliphatic heterocycles. The van der Waals surface area contributed by atoms with Gasteiger partial charge in [0.2, 0.25) is 11.8 Å². The van der Waals surface area contributed by atoms with Gasteiger partial charge in [-0.3, -0.25) is 4.79 Å². The molecule has 1 atom stereocenters. The van der Waals surface area contributed by atoms with E-state index in [4.69, 9.17) is 9.15 Å². The zero-order valence-corrected chi connectivity index (χ0v) is 15.0. The van der Waals surface area contributed by atoms with Crippen molar-refractivity contribution in [2.75, 3.05) is 38.8 Å². The van der Waals surface area contributed by atoms with Crippen molar-refractivity contribution in [3.8, 4) is 0 Å². The normalized spacial score (nSPS) is 17.8. The number of hydrogen-bond donors (Lipinski definition) is 0. The zero-order valence-electron chi connectivity index (χ0n) is 15.0. The molecule has 1 fully saturated rings. The smallest absolute Gasteiger partial charge is 0.254 e. The van der Waals surface area contributed by atoms with Crippen LogP contribution in [-0.2, 0) is 4.74 Å². The Labute approximate surface area is 146 Å². The number of nitrogens with zero attached hydrogens (tertiary/aromatic N) is 5. The molecule has 0 aromatic carbocycles. The second-order valence-electron chi connectivity index (χ2n) is 6.52. The molecule has 2 aromatic heterocycles. The van der Waals surface area contributed by atoms with E-state index in [2.05, 4.69) is 15.2 Å². The molecule has 0 bridgehead atoms. The Balaban J connectivity index is 1.87. The highest BCUT2D eigenvalue weighted by molar-refractivity contribution is 5.95. The molecule has 0 unspecified atom stereocenters. The van der Waals surface area contributed by atoms with Crippen LogP contribution in [0.2, 0.25) is 0 Å². The Hall–Kier alpha value is -2.48. The fraction of sp³-hybridized carbons (Fsp3) is 0.529. The minimum absolute atomic E-state index is 0.0944. The molecular weight excluding hydrogens is 322 g/mol. The van der Waals surface area contributed by atoms with E-state index in [9.17, 15) is 4.79 Å². The van der Waals surface area contributed by atoms with Crippen LogP contribution in [0.15, 0.2) is 22.7 Å². The average Bonchev–Trinajstić information content (AvgIpc) is 3.11. The maximum atomic E-state index is 13.0. The van der Waals surface area contributed by atoms with Crippen LogP contribution < -0.4 is 4.90 Å². The van der Waals surface area contributed by atoms with Crippen molar-refractivity contribution < 1.29 is 13.9 Å². The summed E-state index contributed by atoms with van der Waals surface area (Å²) < 4.78 is 11.3. The zero-order chi connectivity index (χ0) is 18.0. The molecule has 1 amide bonds. The molecule has 1 saturated heterocycles. The summed E-state index contributed by atoms with van der Waals surface area (Å²) in [4.78, 5) is 20.9. The topological polar surface area (TPSA) is 84.6 Å². The van der Waals surface area contributed by atoms with Crippen molar-refractivity contribution in [2.24, 2.45) is 0 Å². The maximum Gasteiger partial charge on any atom is 0.254 e. The van der Waals surface area contributed by atoms with E-state index >= 15 is 0 Å². The Morgan fingerprint density at radius 1 is 1.36 bits per heavy atom. The van der Waals surface area contributed by atoms with Crippen LogP contribution in [0.1, 0.15) is 47.9 Å². The molecule has 1 aliphatic rings. The number of carbonyl (C=O) groups excluding carboxylic acids is 1. The van der Waals surface area contributed by atoms with Gasteiger partial charge in [0.1, 0.15) is 11.9 Å². The summed E-state index contributed by atoms with van der Waals surface area (Å²) in [5, 5.41) is 8.19. The molecule has 8 heteroatoms. The molecule has 0 saturated carbocycles. The molecule has 3 rings (SSSR count). The Morgan fingerprint density at radius 2 is 2.16 bits per heavy atom. The van der Waals surface area contributed by atoms with Gasteiger partial charge in [-0.2, -0.15) is 0 Å². The maximum absolute atomic E-state index is 13.0. The lowest BCUT2D eigenvalue weighted by molar-refractivity contribution is -0.0107. The lowest BCUT2D eigenvalue weighted by Gasteiger charge is -2.33. The molecule has 2 aromatic rings. The molecule has 0 N–H and O–H groups in total. The van der Waals surface area contributed by atoms with Crippen molar-refractivity contribution in [1.82, 2.24) is 20.1 Å². The molecule has 134 valence electrons. The van der Waals surface area contributed by atoms with Crippen molar-refractivity contribution >= 4 is 11.7 Å². The molecular formula is C17H23N5O3. The highest BCUT2D eigenvalue weighted by atomic mass is 16.5. The first-order valence-electron chi connectivity index (χ1n) is 8.32. The van der Waals surface area contributed by atoms with Crippen LogP contribution in [0.4, 0.5) is 5.82 Å². The Morgan fingerprint density at radius 3 is 2.84 bits per heavy atom. The van der Waals surface area contributed by atoms with Crippen LogP contribution in [0.5, 0.6) is 0 Å². The summed E-state index contributed by atoms with van der Waals surface area (Å²) in [6.07, 6.45) is 1.64. The third-order valence-corrected chi connectivity index (χ3v) is 4.08. The summed E-state index contributed by atoms with van der Waals surface area (Å²) in [5.74, 6) is 1.75. The van der Waals surface area contributed by atoms with Gasteiger partial charge in [-0.25, -0.2) is 4.98 Å². The number of ether oxygens (including phenoxy) is 1. The van der Waals surface area contributed by atoms with Crippen molar-refractivity contribution in [1.29, 1.82) is 0 Å². The van der Waals surface area contributed by atoms with Gasteiger partial charge in [0.25, 0.3) is 5.91 Å². The second kappa shape index (κ2) is 7.18. The standard InChI is InChI=1S/C17H23N5O3/c1-11(2)15-19-20-16(25-15)13-10-24-8-7-22(13)17(23)12-5-6-18-14(9-12)21(3)4/h5-6,9,11,13H,7-8,10H2,1-4H3/t13-/m0/s1. The minimum Gasteiger partial charge on any atom is -0.423 e. The molecule has 3 heterocycles. The fourth-order valence-corrected chi connectivity index (χ4v) is 2.63. The first-order chi connectivity index (χ1) is 12.0. The largest absolute Gasteiger partial charge is 0.423 e. The number of pyridine rings is 1. The van der Waals surface area contributed by atoms with E-state index in [1.807, 2.05) is 32.8 Å². The lowest BCUT2D eigenvalue weighted by Crippen LogP contribution is -2.43. The fourth-order valence-electron chi connectivity index (χ4n) is 2.63. The van der Waals surface area contributed by atoms with E-state index in [0.717, 1.165) is 5.82 Å². The summed E-state index contributed by atoms with van der Waals surface area (Å²) in [5.41, 5.74) is 0.578. The van der Waals surface area contributed by atoms with E-state index < -0.39 is 0 Å².